The largest absolute Gasteiger partial charge is 0.416 e. The molecule has 1 aromatic heterocycles. The summed E-state index contributed by atoms with van der Waals surface area (Å²) in [6, 6.07) is 21.9. The van der Waals surface area contributed by atoms with Gasteiger partial charge in [-0.15, -0.1) is 0 Å². The molecule has 4 rings (SSSR count). The number of hydrogen-bond donors (Lipinski definition) is 2. The summed E-state index contributed by atoms with van der Waals surface area (Å²) in [7, 11) is 0. The van der Waals surface area contributed by atoms with Crippen molar-refractivity contribution in [2.24, 2.45) is 5.92 Å². The number of nitrogens with one attached hydrogen (secondary N) is 2. The zero-order chi connectivity index (χ0) is 33.3. The predicted octanol–water partition coefficient (Wildman–Crippen LogP) is 7.10. The molecule has 11 heteroatoms. The lowest BCUT2D eigenvalue weighted by Gasteiger charge is -2.32. The molecule has 0 fully saturated rings. The zero-order valence-corrected chi connectivity index (χ0v) is 26.8. The van der Waals surface area contributed by atoms with Crippen LogP contribution in [-0.2, 0) is 30.5 Å². The Hall–Kier alpha value is -4.69. The fraction of sp³-hybridized carbons (Fsp3) is 0.314. The highest BCUT2D eigenvalue weighted by Gasteiger charge is 2.34. The van der Waals surface area contributed by atoms with Crippen LogP contribution in [0.25, 0.3) is 0 Å². The van der Waals surface area contributed by atoms with Gasteiger partial charge in [0.05, 0.1) is 29.9 Å². The van der Waals surface area contributed by atoms with Crippen molar-refractivity contribution in [1.82, 2.24) is 19.8 Å². The van der Waals surface area contributed by atoms with Crippen LogP contribution in [0.15, 0.2) is 85.3 Å². The molecule has 240 valence electrons. The quantitative estimate of drug-likeness (QED) is 0.160. The van der Waals surface area contributed by atoms with Gasteiger partial charge in [0.25, 0.3) is 0 Å². The van der Waals surface area contributed by atoms with Crippen molar-refractivity contribution in [3.63, 3.8) is 0 Å². The smallest absolute Gasteiger partial charge is 0.351 e. The summed E-state index contributed by atoms with van der Waals surface area (Å²) in [5, 5.41) is 15.6. The lowest BCUT2D eigenvalue weighted by molar-refractivity contribution is -0.138. The van der Waals surface area contributed by atoms with E-state index in [9.17, 15) is 18.0 Å². The molecule has 7 nitrogen and oxygen atoms in total. The van der Waals surface area contributed by atoms with Gasteiger partial charge in [0.1, 0.15) is 0 Å². The van der Waals surface area contributed by atoms with Crippen molar-refractivity contribution in [3.05, 3.63) is 119 Å². The zero-order valence-electron chi connectivity index (χ0n) is 26.0. The van der Waals surface area contributed by atoms with Gasteiger partial charge in [-0.25, -0.2) is 4.98 Å². The Morgan fingerprint density at radius 1 is 1.09 bits per heavy atom. The van der Waals surface area contributed by atoms with Crippen LogP contribution in [0, 0.1) is 24.2 Å². The second-order valence-corrected chi connectivity index (χ2v) is 12.1. The molecule has 0 aliphatic carbocycles. The number of aryl methyl sites for hydroxylation is 1. The van der Waals surface area contributed by atoms with E-state index in [-0.39, 0.29) is 42.0 Å². The summed E-state index contributed by atoms with van der Waals surface area (Å²) in [6.07, 6.45) is -0.585. The monoisotopic (exact) mass is 646 g/mol. The van der Waals surface area contributed by atoms with E-state index >= 15 is 0 Å². The Balaban J connectivity index is 1.53. The first-order chi connectivity index (χ1) is 21.9. The number of imidazole rings is 1. The summed E-state index contributed by atoms with van der Waals surface area (Å²) in [5.41, 5.74) is 3.32. The fourth-order valence-electron chi connectivity index (χ4n) is 5.26. The number of amides is 1. The molecule has 1 amide bonds. The molecule has 3 aromatic carbocycles. The van der Waals surface area contributed by atoms with Crippen LogP contribution in [0.1, 0.15) is 53.8 Å². The maximum Gasteiger partial charge on any atom is 0.416 e. The number of thiocarbonyl (C=S) groups is 1. The minimum atomic E-state index is -4.53. The normalized spacial score (nSPS) is 12.0. The van der Waals surface area contributed by atoms with Crippen LogP contribution < -0.4 is 10.6 Å². The molecule has 0 saturated carbocycles. The Morgan fingerprint density at radius 2 is 1.83 bits per heavy atom. The maximum atomic E-state index is 13.9. The first-order valence-corrected chi connectivity index (χ1v) is 15.4. The van der Waals surface area contributed by atoms with Crippen LogP contribution in [0.5, 0.6) is 0 Å². The van der Waals surface area contributed by atoms with Gasteiger partial charge in [-0.3, -0.25) is 4.79 Å². The van der Waals surface area contributed by atoms with E-state index in [2.05, 4.69) is 21.7 Å². The number of halogens is 3. The van der Waals surface area contributed by atoms with Gasteiger partial charge < -0.3 is 20.1 Å². The molecule has 0 unspecified atom stereocenters. The van der Waals surface area contributed by atoms with E-state index in [0.717, 1.165) is 22.9 Å². The van der Waals surface area contributed by atoms with Crippen molar-refractivity contribution >= 4 is 28.9 Å². The summed E-state index contributed by atoms with van der Waals surface area (Å²) < 4.78 is 43.7. The number of anilines is 1. The van der Waals surface area contributed by atoms with Gasteiger partial charge in [-0.1, -0.05) is 56.3 Å². The number of alkyl halides is 3. The van der Waals surface area contributed by atoms with Gasteiger partial charge in [0.2, 0.25) is 5.91 Å². The third-order valence-electron chi connectivity index (χ3n) is 7.38. The topological polar surface area (TPSA) is 86.0 Å². The van der Waals surface area contributed by atoms with Crippen molar-refractivity contribution in [2.45, 2.75) is 58.9 Å². The second-order valence-electron chi connectivity index (χ2n) is 11.7. The fourth-order valence-corrected chi connectivity index (χ4v) is 5.52. The van der Waals surface area contributed by atoms with E-state index in [1.165, 1.54) is 12.1 Å². The molecule has 46 heavy (non-hydrogen) atoms. The molecule has 0 spiro atoms. The second kappa shape index (κ2) is 15.5. The number of benzene rings is 3. The Morgan fingerprint density at radius 3 is 2.50 bits per heavy atom. The minimum Gasteiger partial charge on any atom is -0.351 e. The van der Waals surface area contributed by atoms with Crippen molar-refractivity contribution in [2.75, 3.05) is 11.9 Å². The standard InChI is InChI=1S/C35H37F3N6OS/c1-24(2)15-30(41-33(45)17-31-19-40-23-44(31)20-27-13-11-26(18-39)12-14-27)22-43(34(46)42-29-9-6-7-25(3)16-29)21-28-8-4-5-10-32(28)35(36,37)38/h4-14,16,19,23-24,30H,15,17,20-22H2,1-3H3,(H,41,45)(H,42,46)/t30-/m0/s1. The molecule has 1 atom stereocenters. The summed E-state index contributed by atoms with van der Waals surface area (Å²) >= 11 is 5.76. The van der Waals surface area contributed by atoms with E-state index in [4.69, 9.17) is 17.5 Å². The maximum absolute atomic E-state index is 13.9. The molecular weight excluding hydrogens is 609 g/mol. The third kappa shape index (κ3) is 9.91. The van der Waals surface area contributed by atoms with Gasteiger partial charge >= 0.3 is 6.18 Å². The molecule has 1 heterocycles. The van der Waals surface area contributed by atoms with Gasteiger partial charge in [0.15, 0.2) is 5.11 Å². The van der Waals surface area contributed by atoms with Gasteiger partial charge in [-0.2, -0.15) is 18.4 Å². The molecule has 0 saturated heterocycles. The van der Waals surface area contributed by atoms with Crippen molar-refractivity contribution in [3.8, 4) is 6.07 Å². The number of nitriles is 1. The highest BCUT2D eigenvalue weighted by atomic mass is 32.1. The molecule has 4 aromatic rings. The SMILES string of the molecule is Cc1cccc(NC(=S)N(Cc2ccccc2C(F)(F)F)C[C@H](CC(C)C)NC(=O)Cc2cncn2Cc2ccc(C#N)cc2)c1. The first kappa shape index (κ1) is 34.2. The Labute approximate surface area is 273 Å². The molecule has 0 aliphatic rings. The molecule has 0 bridgehead atoms. The lowest BCUT2D eigenvalue weighted by Crippen LogP contribution is -2.47. The Bertz CT molecular complexity index is 1680. The Kier molecular flexibility index (Phi) is 11.6. The van der Waals surface area contributed by atoms with Crippen LogP contribution in [0.4, 0.5) is 18.9 Å². The highest BCUT2D eigenvalue weighted by molar-refractivity contribution is 7.80. The number of carbonyl (C=O) groups is 1. The lowest BCUT2D eigenvalue weighted by atomic mass is 10.0. The van der Waals surface area contributed by atoms with Crippen LogP contribution >= 0.6 is 12.2 Å². The molecular formula is C35H37F3N6OS. The van der Waals surface area contributed by atoms with Gasteiger partial charge in [-0.05, 0) is 78.5 Å². The van der Waals surface area contributed by atoms with E-state index in [0.29, 0.717) is 24.2 Å². The van der Waals surface area contributed by atoms with E-state index in [1.54, 1.807) is 35.6 Å². The average Bonchev–Trinajstić information content (AvgIpc) is 3.42. The van der Waals surface area contributed by atoms with Crippen LogP contribution in [-0.4, -0.2) is 38.1 Å². The molecule has 0 radical (unpaired) electrons. The third-order valence-corrected chi connectivity index (χ3v) is 7.74. The highest BCUT2D eigenvalue weighted by Crippen LogP contribution is 2.32. The van der Waals surface area contributed by atoms with E-state index < -0.39 is 17.8 Å². The van der Waals surface area contributed by atoms with E-state index in [1.807, 2.05) is 61.7 Å². The minimum absolute atomic E-state index is 0.0633. The van der Waals surface area contributed by atoms with Crippen molar-refractivity contribution < 1.29 is 18.0 Å². The first-order valence-electron chi connectivity index (χ1n) is 15.0. The molecule has 0 aliphatic heterocycles. The number of rotatable bonds is 12. The van der Waals surface area contributed by atoms with Gasteiger partial charge in [0, 0.05) is 43.3 Å². The van der Waals surface area contributed by atoms with Crippen LogP contribution in [0.2, 0.25) is 0 Å². The number of carbonyl (C=O) groups excluding carboxylic acids is 1. The number of hydrogen-bond acceptors (Lipinski definition) is 4. The summed E-state index contributed by atoms with van der Waals surface area (Å²) in [5.74, 6) is -0.0461. The van der Waals surface area contributed by atoms with Crippen molar-refractivity contribution in [1.29, 1.82) is 5.26 Å². The summed E-state index contributed by atoms with van der Waals surface area (Å²) in [6.45, 7) is 6.56. The molecule has 2 N–H and O–H groups in total. The van der Waals surface area contributed by atoms with Crippen LogP contribution in [0.3, 0.4) is 0 Å². The average molecular weight is 647 g/mol. The predicted molar refractivity (Wildman–Crippen MR) is 177 cm³/mol. The number of nitrogens with zero attached hydrogens (tertiary/aromatic N) is 4. The summed E-state index contributed by atoms with van der Waals surface area (Å²) in [4.78, 5) is 19.3. The number of aromatic nitrogens is 2.